The minimum atomic E-state index is -0.437. The van der Waals surface area contributed by atoms with E-state index >= 15 is 0 Å². The van der Waals surface area contributed by atoms with E-state index in [1.807, 2.05) is 12.1 Å². The van der Waals surface area contributed by atoms with Crippen LogP contribution in [0.15, 0.2) is 46.0 Å². The third-order valence-corrected chi connectivity index (χ3v) is 7.06. The number of fused-ring (bicyclic) bond motifs is 4. The summed E-state index contributed by atoms with van der Waals surface area (Å²) in [4.78, 5) is 39.9. The van der Waals surface area contributed by atoms with E-state index in [4.69, 9.17) is 4.74 Å². The van der Waals surface area contributed by atoms with E-state index < -0.39 is 5.69 Å². The van der Waals surface area contributed by atoms with Crippen molar-refractivity contribution in [1.82, 2.24) is 14.9 Å². The first kappa shape index (κ1) is 21.5. The van der Waals surface area contributed by atoms with Crippen molar-refractivity contribution < 1.29 is 9.53 Å². The molecule has 8 nitrogen and oxygen atoms in total. The smallest absolute Gasteiger partial charge is 0.328 e. The van der Waals surface area contributed by atoms with Gasteiger partial charge in [0.1, 0.15) is 5.75 Å². The molecule has 3 atom stereocenters. The number of nitrogens with zero attached hydrogens (tertiary/aromatic N) is 1. The van der Waals surface area contributed by atoms with Crippen molar-refractivity contribution in [3.8, 4) is 5.75 Å². The van der Waals surface area contributed by atoms with Crippen LogP contribution in [0.2, 0.25) is 0 Å². The molecule has 2 aliphatic rings. The molecule has 0 saturated carbocycles. The molecule has 3 aromatic rings. The van der Waals surface area contributed by atoms with Gasteiger partial charge >= 0.3 is 5.69 Å². The van der Waals surface area contributed by atoms with Crippen molar-refractivity contribution in [2.45, 2.75) is 44.7 Å². The van der Waals surface area contributed by atoms with Gasteiger partial charge in [0.2, 0.25) is 5.91 Å². The van der Waals surface area contributed by atoms with Crippen LogP contribution in [0.1, 0.15) is 36.8 Å². The van der Waals surface area contributed by atoms with Gasteiger partial charge in [0.05, 0.1) is 18.0 Å². The lowest BCUT2D eigenvalue weighted by atomic mass is 9.73. The van der Waals surface area contributed by atoms with E-state index in [0.717, 1.165) is 25.1 Å². The zero-order valence-corrected chi connectivity index (χ0v) is 18.8. The molecule has 0 bridgehead atoms. The Morgan fingerprint density at radius 2 is 2.09 bits per heavy atom. The van der Waals surface area contributed by atoms with E-state index in [9.17, 15) is 14.4 Å². The van der Waals surface area contributed by atoms with Crippen LogP contribution in [-0.2, 0) is 17.8 Å². The van der Waals surface area contributed by atoms with E-state index in [1.54, 1.807) is 25.3 Å². The minimum absolute atomic E-state index is 0.185. The molecule has 1 unspecified atom stereocenters. The molecule has 33 heavy (non-hydrogen) atoms. The number of hydrogen-bond acceptors (Lipinski definition) is 5. The monoisotopic (exact) mass is 448 g/mol. The second kappa shape index (κ2) is 8.51. The first-order valence-corrected chi connectivity index (χ1v) is 11.4. The van der Waals surface area contributed by atoms with E-state index in [1.165, 1.54) is 22.6 Å². The first-order valence-electron chi connectivity index (χ1n) is 11.4. The maximum absolute atomic E-state index is 13.1. The van der Waals surface area contributed by atoms with Gasteiger partial charge in [-0.3, -0.25) is 14.2 Å². The average molecular weight is 449 g/mol. The van der Waals surface area contributed by atoms with Gasteiger partial charge in [0.15, 0.2) is 0 Å². The number of rotatable bonds is 5. The molecule has 0 radical (unpaired) electrons. The fourth-order valence-corrected chi connectivity index (χ4v) is 5.61. The van der Waals surface area contributed by atoms with Crippen LogP contribution in [0.4, 0.5) is 5.69 Å². The summed E-state index contributed by atoms with van der Waals surface area (Å²) in [5.41, 5.74) is 2.81. The molecule has 2 aromatic carbocycles. The number of nitrogens with one attached hydrogen (secondary N) is 3. The Kier molecular flexibility index (Phi) is 5.54. The zero-order valence-electron chi connectivity index (χ0n) is 18.8. The molecule has 2 heterocycles. The van der Waals surface area contributed by atoms with Crippen LogP contribution in [0, 0.1) is 5.92 Å². The molecular formula is C25H28N4O4. The van der Waals surface area contributed by atoms with Crippen LogP contribution >= 0.6 is 0 Å². The van der Waals surface area contributed by atoms with Crippen LogP contribution in [-0.4, -0.2) is 35.2 Å². The predicted molar refractivity (Wildman–Crippen MR) is 127 cm³/mol. The number of H-pyrrole nitrogens is 1. The number of methoxy groups -OCH3 is 1. The maximum atomic E-state index is 13.1. The van der Waals surface area contributed by atoms with Crippen molar-refractivity contribution in [2.75, 3.05) is 19.0 Å². The van der Waals surface area contributed by atoms with E-state index in [0.29, 0.717) is 41.4 Å². The number of hydrogen-bond donors (Lipinski definition) is 3. The maximum Gasteiger partial charge on any atom is 0.328 e. The van der Waals surface area contributed by atoms with E-state index in [2.05, 4.69) is 21.7 Å². The van der Waals surface area contributed by atoms with Crippen LogP contribution in [0.3, 0.4) is 0 Å². The highest BCUT2D eigenvalue weighted by Gasteiger charge is 2.40. The highest BCUT2D eigenvalue weighted by atomic mass is 16.5. The topological polar surface area (TPSA) is 105 Å². The third kappa shape index (κ3) is 3.84. The van der Waals surface area contributed by atoms with Crippen LogP contribution in [0.25, 0.3) is 10.9 Å². The van der Waals surface area contributed by atoms with Crippen molar-refractivity contribution in [2.24, 2.45) is 5.92 Å². The molecule has 1 aromatic heterocycles. The SMILES string of the molecule is COc1cccc2c1CC[C@H]1CNC(CCn3c(=O)[nH]c4cc(NC(C)=O)ccc4c3=O)[C@@H]21. The standard InChI is InChI=1S/C25H28N4O4/c1-14(30)27-16-7-9-19-21(12-16)28-25(32)29(24(19)31)11-10-20-23-15(13-26-20)6-8-17-18(23)4-3-5-22(17)33-2/h3-5,7,9,12,15,20,23,26H,6,8,10-11,13H2,1-2H3,(H,27,30)(H,28,32)/t15-,20?,23+/m0/s1. The molecule has 5 rings (SSSR count). The number of aromatic amines is 1. The number of anilines is 1. The summed E-state index contributed by atoms with van der Waals surface area (Å²) in [6.45, 7) is 2.69. The van der Waals surface area contributed by atoms with Gasteiger partial charge in [-0.15, -0.1) is 0 Å². The summed E-state index contributed by atoms with van der Waals surface area (Å²) in [7, 11) is 1.71. The molecular weight excluding hydrogens is 420 g/mol. The lowest BCUT2D eigenvalue weighted by Crippen LogP contribution is -2.38. The van der Waals surface area contributed by atoms with Gasteiger partial charge in [-0.1, -0.05) is 12.1 Å². The number of ether oxygens (including phenoxy) is 1. The van der Waals surface area contributed by atoms with Gasteiger partial charge in [-0.2, -0.15) is 0 Å². The quantitative estimate of drug-likeness (QED) is 0.556. The second-order valence-corrected chi connectivity index (χ2v) is 8.98. The lowest BCUT2D eigenvalue weighted by molar-refractivity contribution is -0.114. The lowest BCUT2D eigenvalue weighted by Gasteiger charge is -2.32. The molecule has 8 heteroatoms. The second-order valence-electron chi connectivity index (χ2n) is 8.98. The highest BCUT2D eigenvalue weighted by Crippen LogP contribution is 2.45. The van der Waals surface area contributed by atoms with Gasteiger partial charge in [0, 0.05) is 31.1 Å². The fourth-order valence-electron chi connectivity index (χ4n) is 5.61. The molecule has 1 aliphatic carbocycles. The van der Waals surface area contributed by atoms with Crippen molar-refractivity contribution in [3.05, 3.63) is 68.4 Å². The number of amides is 1. The Bertz CT molecular complexity index is 1340. The molecule has 1 aliphatic heterocycles. The summed E-state index contributed by atoms with van der Waals surface area (Å²) in [6.07, 6.45) is 2.80. The Hall–Kier alpha value is -3.39. The Labute approximate surface area is 191 Å². The molecule has 3 N–H and O–H groups in total. The summed E-state index contributed by atoms with van der Waals surface area (Å²) in [6, 6.07) is 11.4. The first-order chi connectivity index (χ1) is 16.0. The largest absolute Gasteiger partial charge is 0.496 e. The Morgan fingerprint density at radius 3 is 2.88 bits per heavy atom. The number of carbonyl (C=O) groups excluding carboxylic acids is 1. The molecule has 1 fully saturated rings. The van der Waals surface area contributed by atoms with Gasteiger partial charge in [-0.25, -0.2) is 4.79 Å². The molecule has 1 saturated heterocycles. The molecule has 1 amide bonds. The Balaban J connectivity index is 1.41. The summed E-state index contributed by atoms with van der Waals surface area (Å²) >= 11 is 0. The fraction of sp³-hybridized carbons (Fsp3) is 0.400. The van der Waals surface area contributed by atoms with Crippen molar-refractivity contribution in [3.63, 3.8) is 0 Å². The minimum Gasteiger partial charge on any atom is -0.496 e. The highest BCUT2D eigenvalue weighted by molar-refractivity contribution is 5.91. The summed E-state index contributed by atoms with van der Waals surface area (Å²) < 4.78 is 6.88. The van der Waals surface area contributed by atoms with Crippen LogP contribution < -0.4 is 26.6 Å². The van der Waals surface area contributed by atoms with Gasteiger partial charge < -0.3 is 20.4 Å². The van der Waals surface area contributed by atoms with Crippen molar-refractivity contribution in [1.29, 1.82) is 0 Å². The third-order valence-electron chi connectivity index (χ3n) is 7.06. The Morgan fingerprint density at radius 1 is 1.24 bits per heavy atom. The zero-order chi connectivity index (χ0) is 23.1. The van der Waals surface area contributed by atoms with Crippen LogP contribution in [0.5, 0.6) is 5.75 Å². The van der Waals surface area contributed by atoms with E-state index in [-0.39, 0.29) is 17.5 Å². The number of benzene rings is 2. The predicted octanol–water partition coefficient (Wildman–Crippen LogP) is 2.36. The number of aromatic nitrogens is 2. The molecule has 172 valence electrons. The van der Waals surface area contributed by atoms with Gasteiger partial charge in [-0.05, 0) is 67.1 Å². The summed E-state index contributed by atoms with van der Waals surface area (Å²) in [5.74, 6) is 1.62. The average Bonchev–Trinajstić information content (AvgIpc) is 3.21. The molecule has 0 spiro atoms. The van der Waals surface area contributed by atoms with Crippen molar-refractivity contribution >= 4 is 22.5 Å². The van der Waals surface area contributed by atoms with Gasteiger partial charge in [0.25, 0.3) is 5.56 Å². The normalized spacial score (nSPS) is 21.5. The summed E-state index contributed by atoms with van der Waals surface area (Å²) in [5, 5.41) is 6.73. The number of carbonyl (C=O) groups is 1.